The fraction of sp³-hybridized carbons (Fsp3) is 0.300. The van der Waals surface area contributed by atoms with E-state index in [4.69, 9.17) is 4.74 Å². The van der Waals surface area contributed by atoms with Crippen LogP contribution in [-0.2, 0) is 11.0 Å². The van der Waals surface area contributed by atoms with Gasteiger partial charge in [0.05, 0.1) is 11.1 Å². The van der Waals surface area contributed by atoms with Gasteiger partial charge in [-0.15, -0.1) is 0 Å². The molecular weight excluding hydrogens is 373 g/mol. The average molecular weight is 394 g/mol. The molecule has 0 fully saturated rings. The van der Waals surface area contributed by atoms with Crippen LogP contribution >= 0.6 is 0 Å². The van der Waals surface area contributed by atoms with Crippen LogP contribution in [0.5, 0.6) is 5.75 Å². The van der Waals surface area contributed by atoms with Gasteiger partial charge in [0.25, 0.3) is 11.8 Å². The summed E-state index contributed by atoms with van der Waals surface area (Å²) >= 11 is 0. The van der Waals surface area contributed by atoms with E-state index in [2.05, 4.69) is 10.6 Å². The number of alkyl halides is 3. The van der Waals surface area contributed by atoms with Crippen molar-refractivity contribution >= 4 is 11.8 Å². The summed E-state index contributed by atoms with van der Waals surface area (Å²) in [6.07, 6.45) is -4.62. The Balaban J connectivity index is 1.76. The molecule has 0 aromatic heterocycles. The van der Waals surface area contributed by atoms with Gasteiger partial charge in [-0.3, -0.25) is 9.59 Å². The molecular formula is C20H21F3N2O3. The highest BCUT2D eigenvalue weighted by Crippen LogP contribution is 2.31. The van der Waals surface area contributed by atoms with Crippen LogP contribution in [0.25, 0.3) is 0 Å². The number of halogens is 3. The largest absolute Gasteiger partial charge is 0.484 e. The number of hydrogen-bond donors (Lipinski definition) is 2. The molecule has 0 saturated heterocycles. The van der Waals surface area contributed by atoms with E-state index < -0.39 is 29.1 Å². The van der Waals surface area contributed by atoms with Crippen molar-refractivity contribution in [2.75, 3.05) is 19.7 Å². The zero-order chi connectivity index (χ0) is 20.7. The van der Waals surface area contributed by atoms with Crippen LogP contribution in [0, 0.1) is 13.8 Å². The first-order valence-corrected chi connectivity index (χ1v) is 8.59. The van der Waals surface area contributed by atoms with Crippen molar-refractivity contribution in [3.8, 4) is 5.75 Å². The number of benzene rings is 2. The third kappa shape index (κ3) is 6.00. The molecule has 0 aliphatic heterocycles. The monoisotopic (exact) mass is 394 g/mol. The zero-order valence-electron chi connectivity index (χ0n) is 15.5. The molecule has 0 heterocycles. The third-order valence-corrected chi connectivity index (χ3v) is 4.06. The lowest BCUT2D eigenvalue weighted by molar-refractivity contribution is -0.138. The molecule has 2 N–H and O–H groups in total. The number of nitrogens with one attached hydrogen (secondary N) is 2. The van der Waals surface area contributed by atoms with E-state index in [1.165, 1.54) is 12.1 Å². The number of amides is 2. The van der Waals surface area contributed by atoms with Crippen LogP contribution in [0.15, 0.2) is 42.5 Å². The van der Waals surface area contributed by atoms with E-state index in [1.54, 1.807) is 6.07 Å². The van der Waals surface area contributed by atoms with Gasteiger partial charge >= 0.3 is 6.18 Å². The van der Waals surface area contributed by atoms with Gasteiger partial charge in [-0.2, -0.15) is 13.2 Å². The van der Waals surface area contributed by atoms with E-state index in [0.717, 1.165) is 23.3 Å². The highest BCUT2D eigenvalue weighted by molar-refractivity contribution is 5.95. The number of carbonyl (C=O) groups is 2. The van der Waals surface area contributed by atoms with Crippen molar-refractivity contribution in [1.29, 1.82) is 0 Å². The van der Waals surface area contributed by atoms with Gasteiger partial charge in [0.15, 0.2) is 6.61 Å². The second-order valence-corrected chi connectivity index (χ2v) is 6.18. The van der Waals surface area contributed by atoms with Crippen molar-refractivity contribution in [3.05, 3.63) is 64.7 Å². The molecule has 0 radical (unpaired) electrons. The number of aryl methyl sites for hydroxylation is 2. The normalized spacial score (nSPS) is 11.0. The van der Waals surface area contributed by atoms with Gasteiger partial charge in [0, 0.05) is 13.1 Å². The van der Waals surface area contributed by atoms with Crippen molar-refractivity contribution in [1.82, 2.24) is 10.6 Å². The van der Waals surface area contributed by atoms with Gasteiger partial charge in [-0.1, -0.05) is 18.2 Å². The lowest BCUT2D eigenvalue weighted by atomic mass is 10.1. The number of carbonyl (C=O) groups excluding carboxylic acids is 2. The standard InChI is InChI=1S/C20H21F3N2O3/c1-13-7-8-15(11-14(13)2)28-12-18(26)24-9-10-25-19(27)16-5-3-4-6-17(16)20(21,22)23/h3-8,11H,9-10,12H2,1-2H3,(H,24,26)(H,25,27). The maximum Gasteiger partial charge on any atom is 0.417 e. The lowest BCUT2D eigenvalue weighted by Crippen LogP contribution is -2.37. The summed E-state index contributed by atoms with van der Waals surface area (Å²) in [5, 5.41) is 4.89. The van der Waals surface area contributed by atoms with E-state index in [1.807, 2.05) is 26.0 Å². The Morgan fingerprint density at radius 2 is 1.64 bits per heavy atom. The summed E-state index contributed by atoms with van der Waals surface area (Å²) in [4.78, 5) is 23.7. The van der Waals surface area contributed by atoms with E-state index in [0.29, 0.717) is 5.75 Å². The quantitative estimate of drug-likeness (QED) is 0.709. The van der Waals surface area contributed by atoms with E-state index in [-0.39, 0.29) is 19.7 Å². The first-order chi connectivity index (χ1) is 13.2. The van der Waals surface area contributed by atoms with E-state index >= 15 is 0 Å². The Kier molecular flexibility index (Phi) is 7.03. The molecule has 0 bridgehead atoms. The topological polar surface area (TPSA) is 67.4 Å². The summed E-state index contributed by atoms with van der Waals surface area (Å²) in [7, 11) is 0. The highest BCUT2D eigenvalue weighted by Gasteiger charge is 2.34. The van der Waals surface area contributed by atoms with Crippen molar-refractivity contribution < 1.29 is 27.5 Å². The molecule has 5 nitrogen and oxygen atoms in total. The molecule has 0 unspecified atom stereocenters. The summed E-state index contributed by atoms with van der Waals surface area (Å²) in [5.74, 6) is -0.688. The molecule has 0 atom stereocenters. The predicted octanol–water partition coefficient (Wildman–Crippen LogP) is 3.25. The minimum atomic E-state index is -4.62. The maximum absolute atomic E-state index is 12.9. The molecule has 2 aromatic carbocycles. The van der Waals surface area contributed by atoms with Gasteiger partial charge in [0.2, 0.25) is 0 Å². The van der Waals surface area contributed by atoms with Crippen LogP contribution in [0.4, 0.5) is 13.2 Å². The second kappa shape index (κ2) is 9.25. The van der Waals surface area contributed by atoms with Gasteiger partial charge < -0.3 is 15.4 Å². The number of rotatable bonds is 7. The molecule has 2 rings (SSSR count). The predicted molar refractivity (Wildman–Crippen MR) is 98.2 cm³/mol. The Hall–Kier alpha value is -3.03. The molecule has 2 aromatic rings. The van der Waals surface area contributed by atoms with Crippen molar-refractivity contribution in [2.45, 2.75) is 20.0 Å². The summed E-state index contributed by atoms with van der Waals surface area (Å²) < 4.78 is 44.2. The van der Waals surface area contributed by atoms with Crippen molar-refractivity contribution in [2.24, 2.45) is 0 Å². The van der Waals surface area contributed by atoms with E-state index in [9.17, 15) is 22.8 Å². The van der Waals surface area contributed by atoms with Crippen LogP contribution < -0.4 is 15.4 Å². The van der Waals surface area contributed by atoms with Crippen molar-refractivity contribution in [3.63, 3.8) is 0 Å². The molecule has 28 heavy (non-hydrogen) atoms. The minimum absolute atomic E-state index is 0.0135. The molecule has 2 amide bonds. The molecule has 0 aliphatic rings. The molecule has 8 heteroatoms. The van der Waals surface area contributed by atoms with Crippen LogP contribution in [0.3, 0.4) is 0 Å². The zero-order valence-corrected chi connectivity index (χ0v) is 15.5. The number of hydrogen-bond acceptors (Lipinski definition) is 3. The van der Waals surface area contributed by atoms with Gasteiger partial charge in [0.1, 0.15) is 5.75 Å². The Labute approximate surface area is 160 Å². The van der Waals surface area contributed by atoms with Gasteiger partial charge in [-0.25, -0.2) is 0 Å². The maximum atomic E-state index is 12.9. The lowest BCUT2D eigenvalue weighted by Gasteiger charge is -2.13. The fourth-order valence-electron chi connectivity index (χ4n) is 2.41. The molecule has 0 spiro atoms. The van der Waals surface area contributed by atoms with Gasteiger partial charge in [-0.05, 0) is 49.2 Å². The summed E-state index contributed by atoms with van der Waals surface area (Å²) in [6.45, 7) is 3.75. The smallest absolute Gasteiger partial charge is 0.417 e. The van der Waals surface area contributed by atoms with Crippen LogP contribution in [0.2, 0.25) is 0 Å². The molecule has 0 saturated carbocycles. The summed E-state index contributed by atoms with van der Waals surface area (Å²) in [6, 6.07) is 9.99. The second-order valence-electron chi connectivity index (χ2n) is 6.18. The Morgan fingerprint density at radius 1 is 0.964 bits per heavy atom. The summed E-state index contributed by atoms with van der Waals surface area (Å²) in [5.41, 5.74) is 0.692. The fourth-order valence-corrected chi connectivity index (χ4v) is 2.41. The first kappa shape index (κ1) is 21.3. The van der Waals surface area contributed by atoms with Crippen LogP contribution in [-0.4, -0.2) is 31.5 Å². The highest BCUT2D eigenvalue weighted by atomic mass is 19.4. The minimum Gasteiger partial charge on any atom is -0.484 e. The first-order valence-electron chi connectivity index (χ1n) is 8.59. The molecule has 150 valence electrons. The molecule has 0 aliphatic carbocycles. The third-order valence-electron chi connectivity index (χ3n) is 4.06. The Bertz CT molecular complexity index is 851. The SMILES string of the molecule is Cc1ccc(OCC(=O)NCCNC(=O)c2ccccc2C(F)(F)F)cc1C. The van der Waals surface area contributed by atoms with Crippen LogP contribution in [0.1, 0.15) is 27.0 Å². The average Bonchev–Trinajstić information content (AvgIpc) is 2.65. The number of ether oxygens (including phenoxy) is 1. The Morgan fingerprint density at radius 3 is 2.32 bits per heavy atom.